The molecule has 1 saturated carbocycles. The maximum Gasteiger partial charge on any atom is 0.340 e. The van der Waals surface area contributed by atoms with E-state index in [0.29, 0.717) is 12.5 Å². The molecule has 1 aliphatic rings. The number of rotatable bonds is 12. The van der Waals surface area contributed by atoms with E-state index in [-0.39, 0.29) is 17.9 Å². The van der Waals surface area contributed by atoms with Crippen molar-refractivity contribution in [3.8, 4) is 16.9 Å². The lowest BCUT2D eigenvalue weighted by atomic mass is 9.83. The van der Waals surface area contributed by atoms with E-state index in [9.17, 15) is 9.18 Å². The van der Waals surface area contributed by atoms with E-state index in [0.717, 1.165) is 62.7 Å². The molecule has 34 heavy (non-hydrogen) atoms. The standard InChI is InChI=1S/C29H38ClFO3/c1-3-4-5-28(31)29(32)34-27-16-10-23(11-17-27)7-6-22-8-12-24(13-9-22)25-14-18-26(19-15-25)33-20-21(2)30/h8-9,12-15,18-19,21,23,27-28H,3-7,10-11,16-17,20H2,1-2H3/t21-,23-,27-,28+/m0/s1. The van der Waals surface area contributed by atoms with Crippen molar-refractivity contribution in [2.24, 2.45) is 5.92 Å². The number of unbranched alkanes of at least 4 members (excludes halogenated alkanes) is 1. The van der Waals surface area contributed by atoms with Gasteiger partial charge in [-0.25, -0.2) is 9.18 Å². The van der Waals surface area contributed by atoms with Gasteiger partial charge < -0.3 is 9.47 Å². The Labute approximate surface area is 209 Å². The van der Waals surface area contributed by atoms with Crippen LogP contribution in [0.25, 0.3) is 11.1 Å². The molecule has 2 aromatic rings. The van der Waals surface area contributed by atoms with Gasteiger partial charge in [0.1, 0.15) is 18.5 Å². The van der Waals surface area contributed by atoms with Crippen LogP contribution in [0.2, 0.25) is 0 Å². The molecule has 0 amide bonds. The van der Waals surface area contributed by atoms with Crippen molar-refractivity contribution in [2.75, 3.05) is 6.61 Å². The Balaban J connectivity index is 1.39. The van der Waals surface area contributed by atoms with Gasteiger partial charge in [0.25, 0.3) is 0 Å². The van der Waals surface area contributed by atoms with Gasteiger partial charge in [0.05, 0.1) is 5.38 Å². The summed E-state index contributed by atoms with van der Waals surface area (Å²) in [6, 6.07) is 16.9. The Kier molecular flexibility index (Phi) is 10.7. The van der Waals surface area contributed by atoms with Gasteiger partial charge in [-0.05, 0) is 86.6 Å². The Morgan fingerprint density at radius 3 is 2.24 bits per heavy atom. The molecular weight excluding hydrogens is 451 g/mol. The second-order valence-corrected chi connectivity index (χ2v) is 10.3. The molecule has 5 heteroatoms. The summed E-state index contributed by atoms with van der Waals surface area (Å²) in [6.07, 6.45) is 6.26. The Bertz CT molecular complexity index is 858. The fourth-order valence-corrected chi connectivity index (χ4v) is 4.53. The number of aryl methyl sites for hydroxylation is 1. The highest BCUT2D eigenvalue weighted by atomic mass is 35.5. The van der Waals surface area contributed by atoms with Gasteiger partial charge in [0.2, 0.25) is 0 Å². The number of carbonyl (C=O) groups excluding carboxylic acids is 1. The van der Waals surface area contributed by atoms with Crippen LogP contribution in [0.4, 0.5) is 4.39 Å². The third kappa shape index (κ3) is 8.61. The van der Waals surface area contributed by atoms with Gasteiger partial charge in [0, 0.05) is 0 Å². The quantitative estimate of drug-likeness (QED) is 0.225. The summed E-state index contributed by atoms with van der Waals surface area (Å²) in [4.78, 5) is 11.9. The highest BCUT2D eigenvalue weighted by Crippen LogP contribution is 2.30. The minimum absolute atomic E-state index is 0.00997. The number of hydrogen-bond acceptors (Lipinski definition) is 3. The summed E-state index contributed by atoms with van der Waals surface area (Å²) in [6.45, 7) is 4.41. The average Bonchev–Trinajstić information content (AvgIpc) is 2.86. The van der Waals surface area contributed by atoms with Gasteiger partial charge in [-0.3, -0.25) is 0 Å². The molecule has 1 fully saturated rings. The summed E-state index contributed by atoms with van der Waals surface area (Å²) in [5, 5.41) is -0.00997. The smallest absolute Gasteiger partial charge is 0.340 e. The molecule has 0 aromatic heterocycles. The van der Waals surface area contributed by atoms with Gasteiger partial charge >= 0.3 is 5.97 Å². The number of halogens is 2. The molecule has 0 heterocycles. The van der Waals surface area contributed by atoms with Crippen LogP contribution in [0.3, 0.4) is 0 Å². The zero-order valence-electron chi connectivity index (χ0n) is 20.5. The van der Waals surface area contributed by atoms with Crippen LogP contribution < -0.4 is 4.74 Å². The van der Waals surface area contributed by atoms with E-state index in [4.69, 9.17) is 21.1 Å². The lowest BCUT2D eigenvalue weighted by Gasteiger charge is -2.28. The number of esters is 1. The number of carbonyl (C=O) groups is 1. The predicted octanol–water partition coefficient (Wildman–Crippen LogP) is 7.92. The maximum atomic E-state index is 13.9. The molecule has 3 nitrogen and oxygen atoms in total. The number of hydrogen-bond donors (Lipinski definition) is 0. The molecule has 0 N–H and O–H groups in total. The first-order valence-electron chi connectivity index (χ1n) is 12.8. The zero-order chi connectivity index (χ0) is 24.3. The average molecular weight is 489 g/mol. The molecule has 186 valence electrons. The van der Waals surface area contributed by atoms with Crippen LogP contribution in [0.15, 0.2) is 48.5 Å². The van der Waals surface area contributed by atoms with Crippen LogP contribution in [0, 0.1) is 5.92 Å². The Morgan fingerprint density at radius 1 is 1.03 bits per heavy atom. The second-order valence-electron chi connectivity index (χ2n) is 9.54. The third-order valence-corrected chi connectivity index (χ3v) is 6.73. The van der Waals surface area contributed by atoms with Crippen LogP contribution >= 0.6 is 11.6 Å². The van der Waals surface area contributed by atoms with Gasteiger partial charge in [-0.15, -0.1) is 11.6 Å². The summed E-state index contributed by atoms with van der Waals surface area (Å²) < 4.78 is 24.9. The lowest BCUT2D eigenvalue weighted by Crippen LogP contribution is -2.29. The number of ether oxygens (including phenoxy) is 2. The predicted molar refractivity (Wildman–Crippen MR) is 137 cm³/mol. The Hall–Kier alpha value is -2.07. The summed E-state index contributed by atoms with van der Waals surface area (Å²) in [5.74, 6) is 0.807. The largest absolute Gasteiger partial charge is 0.492 e. The van der Waals surface area contributed by atoms with Crippen molar-refractivity contribution >= 4 is 17.6 Å². The molecule has 0 saturated heterocycles. The molecule has 0 radical (unpaired) electrons. The highest BCUT2D eigenvalue weighted by molar-refractivity contribution is 6.20. The molecule has 2 aromatic carbocycles. The van der Waals surface area contributed by atoms with E-state index >= 15 is 0 Å². The SMILES string of the molecule is CCCC[C@@H](F)C(=O)O[C@H]1CC[C@H](CCc2ccc(-c3ccc(OC[C@H](C)Cl)cc3)cc2)CC1. The first-order chi connectivity index (χ1) is 16.4. The molecule has 2 atom stereocenters. The van der Waals surface area contributed by atoms with E-state index in [1.807, 2.05) is 26.0 Å². The fraction of sp³-hybridized carbons (Fsp3) is 0.552. The summed E-state index contributed by atoms with van der Waals surface area (Å²) in [5.41, 5.74) is 3.69. The first kappa shape index (κ1) is 26.5. The topological polar surface area (TPSA) is 35.5 Å². The van der Waals surface area contributed by atoms with Crippen molar-refractivity contribution in [2.45, 2.75) is 89.3 Å². The van der Waals surface area contributed by atoms with Crippen molar-refractivity contribution in [3.05, 3.63) is 54.1 Å². The van der Waals surface area contributed by atoms with Crippen LogP contribution in [-0.2, 0) is 16.0 Å². The molecule has 3 rings (SSSR count). The van der Waals surface area contributed by atoms with Crippen LogP contribution in [0.5, 0.6) is 5.75 Å². The van der Waals surface area contributed by atoms with Crippen molar-refractivity contribution in [1.29, 1.82) is 0 Å². The second kappa shape index (κ2) is 13.7. The minimum Gasteiger partial charge on any atom is -0.492 e. The van der Waals surface area contributed by atoms with Crippen molar-refractivity contribution in [1.82, 2.24) is 0 Å². The third-order valence-electron chi connectivity index (χ3n) is 6.61. The van der Waals surface area contributed by atoms with E-state index in [1.165, 1.54) is 11.1 Å². The highest BCUT2D eigenvalue weighted by Gasteiger charge is 2.27. The first-order valence-corrected chi connectivity index (χ1v) is 13.2. The lowest BCUT2D eigenvalue weighted by molar-refractivity contribution is -0.157. The van der Waals surface area contributed by atoms with Gasteiger partial charge in [0.15, 0.2) is 6.17 Å². The molecule has 0 bridgehead atoms. The van der Waals surface area contributed by atoms with E-state index in [2.05, 4.69) is 36.4 Å². The van der Waals surface area contributed by atoms with Gasteiger partial charge in [-0.1, -0.05) is 56.2 Å². The number of alkyl halides is 2. The van der Waals surface area contributed by atoms with Crippen LogP contribution in [-0.4, -0.2) is 30.2 Å². The van der Waals surface area contributed by atoms with Crippen molar-refractivity contribution in [3.63, 3.8) is 0 Å². The molecular formula is C29H38ClFO3. The zero-order valence-corrected chi connectivity index (χ0v) is 21.2. The molecule has 0 aliphatic heterocycles. The molecule has 0 unspecified atom stereocenters. The summed E-state index contributed by atoms with van der Waals surface area (Å²) >= 11 is 5.94. The fourth-order valence-electron chi connectivity index (χ4n) is 4.47. The Morgan fingerprint density at radius 2 is 1.65 bits per heavy atom. The number of benzene rings is 2. The normalized spacial score (nSPS) is 19.9. The van der Waals surface area contributed by atoms with Gasteiger partial charge in [-0.2, -0.15) is 0 Å². The summed E-state index contributed by atoms with van der Waals surface area (Å²) in [7, 11) is 0. The molecule has 0 spiro atoms. The van der Waals surface area contributed by atoms with E-state index in [1.54, 1.807) is 0 Å². The van der Waals surface area contributed by atoms with Crippen LogP contribution in [0.1, 0.15) is 70.8 Å². The molecule has 1 aliphatic carbocycles. The van der Waals surface area contributed by atoms with Crippen molar-refractivity contribution < 1.29 is 18.7 Å². The minimum atomic E-state index is -1.47. The maximum absolute atomic E-state index is 13.9. The van der Waals surface area contributed by atoms with E-state index < -0.39 is 12.1 Å². The monoisotopic (exact) mass is 488 g/mol.